The van der Waals surface area contributed by atoms with Crippen LogP contribution in [0.25, 0.3) is 0 Å². The average Bonchev–Trinajstić information content (AvgIpc) is 2.60. The monoisotopic (exact) mass is 240 g/mol. The number of halogens is 2. The molecule has 1 unspecified atom stereocenters. The summed E-state index contributed by atoms with van der Waals surface area (Å²) in [6.07, 6.45) is 1.44. The number of aliphatic imine (C=N–C) groups is 1. The number of nitrogens with zero attached hydrogens (tertiary/aromatic N) is 2. The van der Waals surface area contributed by atoms with Gasteiger partial charge in [0.05, 0.1) is 6.34 Å². The Morgan fingerprint density at radius 3 is 2.47 bits per heavy atom. The fourth-order valence-corrected chi connectivity index (χ4v) is 1.54. The lowest BCUT2D eigenvalue weighted by Crippen LogP contribution is -2.22. The Hall–Kier alpha value is -1.98. The molecule has 0 aromatic heterocycles. The first kappa shape index (κ1) is 11.5. The fourth-order valence-electron chi connectivity index (χ4n) is 1.54. The van der Waals surface area contributed by atoms with Crippen LogP contribution in [0.3, 0.4) is 0 Å². The van der Waals surface area contributed by atoms with Crippen molar-refractivity contribution in [2.75, 3.05) is 7.05 Å². The summed E-state index contributed by atoms with van der Waals surface area (Å²) in [6, 6.07) is 5.30. The number of carbonyl (C=O) groups excluding carboxylic acids is 1. The molecule has 4 nitrogen and oxygen atoms in total. The van der Waals surface area contributed by atoms with Gasteiger partial charge in [-0.1, -0.05) is 12.1 Å². The zero-order valence-corrected chi connectivity index (χ0v) is 9.01. The minimum atomic E-state index is -2.85. The van der Waals surface area contributed by atoms with E-state index in [9.17, 15) is 13.6 Å². The molecule has 90 valence electrons. The van der Waals surface area contributed by atoms with Gasteiger partial charge in [0, 0.05) is 7.05 Å². The van der Waals surface area contributed by atoms with Crippen LogP contribution in [0, 0.1) is 0 Å². The molecule has 1 amide bonds. The van der Waals surface area contributed by atoms with Crippen LogP contribution in [-0.2, 0) is 4.79 Å². The zero-order valence-electron chi connectivity index (χ0n) is 9.01. The number of amides is 1. The Labute approximate surface area is 96.5 Å². The highest BCUT2D eigenvalue weighted by Gasteiger charge is 2.26. The summed E-state index contributed by atoms with van der Waals surface area (Å²) >= 11 is 0. The normalized spacial score (nSPS) is 19.2. The molecular weight excluding hydrogens is 230 g/mol. The van der Waals surface area contributed by atoms with Gasteiger partial charge in [-0.25, -0.2) is 0 Å². The van der Waals surface area contributed by atoms with E-state index in [2.05, 4.69) is 9.73 Å². The molecule has 0 N–H and O–H groups in total. The van der Waals surface area contributed by atoms with Crippen LogP contribution in [0.2, 0.25) is 0 Å². The molecule has 1 aromatic rings. The van der Waals surface area contributed by atoms with Crippen LogP contribution < -0.4 is 4.74 Å². The van der Waals surface area contributed by atoms with Gasteiger partial charge in [-0.3, -0.25) is 9.79 Å². The first-order chi connectivity index (χ1) is 8.08. The van der Waals surface area contributed by atoms with E-state index in [1.54, 1.807) is 19.2 Å². The molecule has 17 heavy (non-hydrogen) atoms. The van der Waals surface area contributed by atoms with E-state index in [0.29, 0.717) is 5.56 Å². The van der Waals surface area contributed by atoms with Crippen molar-refractivity contribution in [1.82, 2.24) is 4.90 Å². The number of ether oxygens (including phenoxy) is 1. The number of alkyl halides is 2. The van der Waals surface area contributed by atoms with Gasteiger partial charge in [0.15, 0.2) is 6.04 Å². The highest BCUT2D eigenvalue weighted by molar-refractivity contribution is 5.96. The molecule has 1 aromatic carbocycles. The van der Waals surface area contributed by atoms with E-state index in [1.165, 1.54) is 23.4 Å². The van der Waals surface area contributed by atoms with Crippen molar-refractivity contribution in [3.8, 4) is 5.75 Å². The van der Waals surface area contributed by atoms with Gasteiger partial charge in [-0.15, -0.1) is 0 Å². The van der Waals surface area contributed by atoms with Gasteiger partial charge >= 0.3 is 6.61 Å². The SMILES string of the molecule is CN1C=NC(c2ccc(OC(F)F)cc2)C1=O. The molecule has 0 spiro atoms. The molecule has 2 rings (SSSR count). The molecular formula is C11H10F2N2O2. The maximum absolute atomic E-state index is 11.9. The van der Waals surface area contributed by atoms with Gasteiger partial charge in [-0.05, 0) is 17.7 Å². The number of benzene rings is 1. The summed E-state index contributed by atoms with van der Waals surface area (Å²) in [6.45, 7) is -2.85. The smallest absolute Gasteiger partial charge is 0.387 e. The molecule has 0 fully saturated rings. The third-order valence-corrected chi connectivity index (χ3v) is 2.39. The lowest BCUT2D eigenvalue weighted by atomic mass is 10.1. The summed E-state index contributed by atoms with van der Waals surface area (Å²) in [7, 11) is 1.61. The standard InChI is InChI=1S/C11H10F2N2O2/c1-15-6-14-9(10(15)16)7-2-4-8(5-3-7)17-11(12)13/h2-6,9,11H,1H3. The number of rotatable bonds is 3. The molecule has 0 aliphatic carbocycles. The fraction of sp³-hybridized carbons (Fsp3) is 0.273. The van der Waals surface area contributed by atoms with Crippen LogP contribution in [0.4, 0.5) is 8.78 Å². The summed E-state index contributed by atoms with van der Waals surface area (Å²) in [5.74, 6) is -0.0842. The highest BCUT2D eigenvalue weighted by Crippen LogP contribution is 2.25. The van der Waals surface area contributed by atoms with Gasteiger partial charge in [0.2, 0.25) is 0 Å². The second kappa shape index (κ2) is 4.48. The quantitative estimate of drug-likeness (QED) is 0.808. The van der Waals surface area contributed by atoms with Crippen LogP contribution >= 0.6 is 0 Å². The first-order valence-electron chi connectivity index (χ1n) is 4.92. The maximum atomic E-state index is 11.9. The molecule has 1 heterocycles. The number of hydrogen-bond acceptors (Lipinski definition) is 3. The van der Waals surface area contributed by atoms with Gasteiger partial charge < -0.3 is 9.64 Å². The van der Waals surface area contributed by atoms with Gasteiger partial charge in [0.1, 0.15) is 5.75 Å². The molecule has 0 saturated heterocycles. The van der Waals surface area contributed by atoms with Gasteiger partial charge in [-0.2, -0.15) is 8.78 Å². The molecule has 1 aliphatic heterocycles. The van der Waals surface area contributed by atoms with Crippen LogP contribution in [0.15, 0.2) is 29.3 Å². The Morgan fingerprint density at radius 2 is 2.00 bits per heavy atom. The van der Waals surface area contributed by atoms with E-state index >= 15 is 0 Å². The predicted molar refractivity (Wildman–Crippen MR) is 57.1 cm³/mol. The Bertz CT molecular complexity index is 445. The maximum Gasteiger partial charge on any atom is 0.387 e. The van der Waals surface area contributed by atoms with E-state index in [1.807, 2.05) is 0 Å². The van der Waals surface area contributed by atoms with E-state index in [4.69, 9.17) is 0 Å². The van der Waals surface area contributed by atoms with Crippen molar-refractivity contribution in [3.05, 3.63) is 29.8 Å². The van der Waals surface area contributed by atoms with Gasteiger partial charge in [0.25, 0.3) is 5.91 Å². The van der Waals surface area contributed by atoms with Crippen molar-refractivity contribution < 1.29 is 18.3 Å². The topological polar surface area (TPSA) is 41.9 Å². The minimum absolute atomic E-state index is 0.0616. The third kappa shape index (κ3) is 2.41. The van der Waals surface area contributed by atoms with Crippen LogP contribution in [0.5, 0.6) is 5.75 Å². The average molecular weight is 240 g/mol. The minimum Gasteiger partial charge on any atom is -0.435 e. The summed E-state index contributed by atoms with van der Waals surface area (Å²) < 4.78 is 28.1. The number of carbonyl (C=O) groups is 1. The number of likely N-dealkylation sites (N-methyl/N-ethyl adjacent to an activating group) is 1. The van der Waals surface area contributed by atoms with Crippen molar-refractivity contribution in [3.63, 3.8) is 0 Å². The van der Waals surface area contributed by atoms with Crippen molar-refractivity contribution in [1.29, 1.82) is 0 Å². The van der Waals surface area contributed by atoms with E-state index in [-0.39, 0.29) is 11.7 Å². The Kier molecular flexibility index (Phi) is 3.03. The second-order valence-electron chi connectivity index (χ2n) is 3.56. The summed E-state index contributed by atoms with van der Waals surface area (Å²) in [5.41, 5.74) is 0.650. The Morgan fingerprint density at radius 1 is 1.35 bits per heavy atom. The first-order valence-corrected chi connectivity index (χ1v) is 4.92. The van der Waals surface area contributed by atoms with Crippen molar-refractivity contribution >= 4 is 12.2 Å². The number of hydrogen-bond donors (Lipinski definition) is 0. The Balaban J connectivity index is 2.13. The highest BCUT2D eigenvalue weighted by atomic mass is 19.3. The lowest BCUT2D eigenvalue weighted by Gasteiger charge is -2.10. The molecule has 0 radical (unpaired) electrons. The van der Waals surface area contributed by atoms with Crippen molar-refractivity contribution in [2.45, 2.75) is 12.7 Å². The lowest BCUT2D eigenvalue weighted by molar-refractivity contribution is -0.126. The molecule has 1 atom stereocenters. The largest absolute Gasteiger partial charge is 0.435 e. The molecule has 0 saturated carbocycles. The van der Waals surface area contributed by atoms with Crippen LogP contribution in [-0.4, -0.2) is 30.8 Å². The van der Waals surface area contributed by atoms with Crippen LogP contribution in [0.1, 0.15) is 11.6 Å². The molecule has 6 heteroatoms. The molecule has 0 bridgehead atoms. The summed E-state index contributed by atoms with van der Waals surface area (Å²) in [4.78, 5) is 17.0. The predicted octanol–water partition coefficient (Wildman–Crippen LogP) is 1.83. The van der Waals surface area contributed by atoms with E-state index in [0.717, 1.165) is 0 Å². The summed E-state index contributed by atoms with van der Waals surface area (Å²) in [5, 5.41) is 0. The third-order valence-electron chi connectivity index (χ3n) is 2.39. The van der Waals surface area contributed by atoms with E-state index < -0.39 is 12.7 Å². The molecule has 1 aliphatic rings. The second-order valence-corrected chi connectivity index (χ2v) is 3.56. The zero-order chi connectivity index (χ0) is 12.4. The van der Waals surface area contributed by atoms with Crippen molar-refractivity contribution in [2.24, 2.45) is 4.99 Å².